The number of nitrogens with zero attached hydrogens (tertiary/aromatic N) is 2. The third kappa shape index (κ3) is 4.33. The van der Waals surface area contributed by atoms with Crippen molar-refractivity contribution in [3.05, 3.63) is 70.4 Å². The van der Waals surface area contributed by atoms with Crippen LogP contribution in [0.1, 0.15) is 67.2 Å². The maximum atomic E-state index is 13.2. The monoisotopic (exact) mass is 437 g/mol. The lowest BCUT2D eigenvalue weighted by molar-refractivity contribution is 0.0741. The molecule has 1 aliphatic rings. The van der Waals surface area contributed by atoms with Crippen LogP contribution in [0.15, 0.2) is 48.5 Å². The summed E-state index contributed by atoms with van der Waals surface area (Å²) < 4.78 is 5.82. The molecule has 1 N–H and O–H groups in total. The van der Waals surface area contributed by atoms with E-state index in [1.165, 1.54) is 0 Å². The smallest absolute Gasteiger partial charge is 0.273 e. The Balaban J connectivity index is 1.72. The van der Waals surface area contributed by atoms with Crippen LogP contribution in [0.3, 0.4) is 0 Å². The lowest BCUT2D eigenvalue weighted by Gasteiger charge is -2.26. The summed E-state index contributed by atoms with van der Waals surface area (Å²) in [5, 5.41) is 8.18. The number of fused-ring (bicyclic) bond motifs is 1. The summed E-state index contributed by atoms with van der Waals surface area (Å²) in [6, 6.07) is 15.5. The molecule has 0 bridgehead atoms. The van der Waals surface area contributed by atoms with E-state index in [4.69, 9.17) is 16.3 Å². The minimum Gasteiger partial charge on any atom is -0.494 e. The summed E-state index contributed by atoms with van der Waals surface area (Å²) in [6.45, 7) is 5.71. The van der Waals surface area contributed by atoms with Crippen molar-refractivity contribution in [1.82, 2.24) is 15.1 Å². The molecule has 162 valence electrons. The van der Waals surface area contributed by atoms with Crippen molar-refractivity contribution in [3.8, 4) is 17.0 Å². The Morgan fingerprint density at radius 2 is 1.74 bits per heavy atom. The van der Waals surface area contributed by atoms with Gasteiger partial charge in [0.15, 0.2) is 0 Å². The van der Waals surface area contributed by atoms with Crippen LogP contribution < -0.4 is 4.74 Å². The molecule has 1 aromatic heterocycles. The number of carbonyl (C=O) groups is 1. The number of rotatable bonds is 9. The van der Waals surface area contributed by atoms with E-state index in [1.807, 2.05) is 41.3 Å². The van der Waals surface area contributed by atoms with Crippen LogP contribution in [0, 0.1) is 0 Å². The molecule has 3 aromatic rings. The predicted octanol–water partition coefficient (Wildman–Crippen LogP) is 6.25. The third-order valence-electron chi connectivity index (χ3n) is 5.70. The van der Waals surface area contributed by atoms with Crippen LogP contribution in [-0.4, -0.2) is 34.2 Å². The minimum atomic E-state index is -0.178. The zero-order valence-corrected chi connectivity index (χ0v) is 18.8. The summed E-state index contributed by atoms with van der Waals surface area (Å²) in [7, 11) is 0. The molecule has 1 unspecified atom stereocenters. The van der Waals surface area contributed by atoms with E-state index in [0.29, 0.717) is 23.9 Å². The maximum absolute atomic E-state index is 13.2. The number of ether oxygens (including phenoxy) is 1. The van der Waals surface area contributed by atoms with E-state index in [0.717, 1.165) is 53.8 Å². The molecule has 2 aromatic carbocycles. The summed E-state index contributed by atoms with van der Waals surface area (Å²) in [5.41, 5.74) is 4.31. The quantitative estimate of drug-likeness (QED) is 0.402. The molecule has 4 rings (SSSR count). The van der Waals surface area contributed by atoms with E-state index in [-0.39, 0.29) is 11.9 Å². The van der Waals surface area contributed by atoms with Crippen LogP contribution >= 0.6 is 11.6 Å². The maximum Gasteiger partial charge on any atom is 0.273 e. The summed E-state index contributed by atoms with van der Waals surface area (Å²) in [4.78, 5) is 15.2. The van der Waals surface area contributed by atoms with Gasteiger partial charge in [-0.05, 0) is 42.7 Å². The average molecular weight is 438 g/mol. The topological polar surface area (TPSA) is 58.2 Å². The first kappa shape index (κ1) is 21.4. The highest BCUT2D eigenvalue weighted by Gasteiger charge is 2.41. The van der Waals surface area contributed by atoms with Crippen molar-refractivity contribution in [2.24, 2.45) is 0 Å². The van der Waals surface area contributed by atoms with Crippen molar-refractivity contribution in [2.75, 3.05) is 13.2 Å². The average Bonchev–Trinajstić information content (AvgIpc) is 3.33. The number of aromatic amines is 1. The molecule has 5 nitrogen and oxygen atoms in total. The number of unbranched alkanes of at least 4 members (excludes halogenated alkanes) is 2. The van der Waals surface area contributed by atoms with Gasteiger partial charge in [0.25, 0.3) is 5.91 Å². The highest BCUT2D eigenvalue weighted by Crippen LogP contribution is 2.43. The Morgan fingerprint density at radius 3 is 2.42 bits per heavy atom. The molecule has 0 aliphatic carbocycles. The van der Waals surface area contributed by atoms with Gasteiger partial charge in [-0.15, -0.1) is 0 Å². The first-order valence-electron chi connectivity index (χ1n) is 11.0. The first-order chi connectivity index (χ1) is 15.1. The van der Waals surface area contributed by atoms with Gasteiger partial charge in [0.2, 0.25) is 0 Å². The van der Waals surface area contributed by atoms with Gasteiger partial charge in [0.1, 0.15) is 11.4 Å². The molecule has 0 saturated carbocycles. The van der Waals surface area contributed by atoms with Gasteiger partial charge < -0.3 is 9.64 Å². The van der Waals surface area contributed by atoms with Crippen molar-refractivity contribution >= 4 is 17.5 Å². The largest absolute Gasteiger partial charge is 0.494 e. The number of amides is 1. The van der Waals surface area contributed by atoms with E-state index < -0.39 is 0 Å². The van der Waals surface area contributed by atoms with Crippen LogP contribution in [0.2, 0.25) is 5.02 Å². The number of hydrogen-bond acceptors (Lipinski definition) is 3. The number of halogens is 1. The lowest BCUT2D eigenvalue weighted by atomic mass is 9.96. The lowest BCUT2D eigenvalue weighted by Crippen LogP contribution is -2.30. The zero-order chi connectivity index (χ0) is 21.8. The molecule has 0 radical (unpaired) electrons. The second-order valence-electron chi connectivity index (χ2n) is 7.89. The Bertz CT molecular complexity index is 1030. The highest BCUT2D eigenvalue weighted by atomic mass is 35.5. The van der Waals surface area contributed by atoms with Gasteiger partial charge in [0, 0.05) is 22.7 Å². The third-order valence-corrected chi connectivity index (χ3v) is 5.95. The van der Waals surface area contributed by atoms with Gasteiger partial charge in [0.05, 0.1) is 18.3 Å². The summed E-state index contributed by atoms with van der Waals surface area (Å²) in [5.74, 6) is 0.858. The highest BCUT2D eigenvalue weighted by molar-refractivity contribution is 6.30. The number of hydrogen-bond donors (Lipinski definition) is 1. The van der Waals surface area contributed by atoms with Crippen molar-refractivity contribution < 1.29 is 9.53 Å². The van der Waals surface area contributed by atoms with Crippen LogP contribution in [-0.2, 0) is 0 Å². The fourth-order valence-corrected chi connectivity index (χ4v) is 4.14. The van der Waals surface area contributed by atoms with Crippen LogP contribution in [0.25, 0.3) is 11.3 Å². The Hall–Kier alpha value is -2.79. The Kier molecular flexibility index (Phi) is 6.62. The zero-order valence-electron chi connectivity index (χ0n) is 18.0. The van der Waals surface area contributed by atoms with Gasteiger partial charge in [-0.25, -0.2) is 0 Å². The number of carbonyl (C=O) groups excluding carboxylic acids is 1. The van der Waals surface area contributed by atoms with Gasteiger partial charge in [-0.3, -0.25) is 9.89 Å². The standard InChI is InChI=1S/C25H28ClN3O2/c1-3-5-15-29-24(18-9-13-20(14-10-18)31-16-6-4-2)21-22(27-28-23(21)25(29)30)17-7-11-19(26)12-8-17/h7-14,24H,3-6,15-16H2,1-2H3,(H,27,28). The Morgan fingerprint density at radius 1 is 1.03 bits per heavy atom. The predicted molar refractivity (Wildman–Crippen MR) is 124 cm³/mol. The fraction of sp³-hybridized carbons (Fsp3) is 0.360. The molecule has 2 heterocycles. The molecular weight excluding hydrogens is 410 g/mol. The van der Waals surface area contributed by atoms with Crippen molar-refractivity contribution in [2.45, 2.75) is 45.6 Å². The number of aromatic nitrogens is 2. The van der Waals surface area contributed by atoms with E-state index in [2.05, 4.69) is 36.2 Å². The summed E-state index contributed by atoms with van der Waals surface area (Å²) >= 11 is 6.08. The second kappa shape index (κ2) is 9.56. The van der Waals surface area contributed by atoms with Gasteiger partial charge >= 0.3 is 0 Å². The first-order valence-corrected chi connectivity index (χ1v) is 11.4. The van der Waals surface area contributed by atoms with Crippen LogP contribution in [0.5, 0.6) is 5.75 Å². The van der Waals surface area contributed by atoms with E-state index >= 15 is 0 Å². The molecule has 0 spiro atoms. The van der Waals surface area contributed by atoms with Crippen molar-refractivity contribution in [3.63, 3.8) is 0 Å². The normalized spacial score (nSPS) is 15.4. The second-order valence-corrected chi connectivity index (χ2v) is 8.33. The fourth-order valence-electron chi connectivity index (χ4n) is 4.01. The minimum absolute atomic E-state index is 0.00411. The number of nitrogens with one attached hydrogen (secondary N) is 1. The summed E-state index contributed by atoms with van der Waals surface area (Å²) in [6.07, 6.45) is 4.11. The van der Waals surface area contributed by atoms with E-state index in [9.17, 15) is 4.79 Å². The molecule has 31 heavy (non-hydrogen) atoms. The SMILES string of the molecule is CCCCOc1ccc(C2c3c(-c4ccc(Cl)cc4)n[nH]c3C(=O)N2CCCC)cc1. The number of benzene rings is 2. The molecule has 0 fully saturated rings. The molecule has 6 heteroatoms. The van der Waals surface area contributed by atoms with Gasteiger partial charge in [-0.2, -0.15) is 5.10 Å². The van der Waals surface area contributed by atoms with Crippen molar-refractivity contribution in [1.29, 1.82) is 0 Å². The molecule has 1 atom stereocenters. The molecular formula is C25H28ClN3O2. The van der Waals surface area contributed by atoms with Gasteiger partial charge in [-0.1, -0.05) is 62.6 Å². The van der Waals surface area contributed by atoms with Crippen LogP contribution in [0.4, 0.5) is 0 Å². The Labute approximate surface area is 188 Å². The molecule has 1 aliphatic heterocycles. The number of H-pyrrole nitrogens is 1. The molecule has 1 amide bonds. The van der Waals surface area contributed by atoms with E-state index in [1.54, 1.807) is 0 Å². The molecule has 0 saturated heterocycles.